The summed E-state index contributed by atoms with van der Waals surface area (Å²) >= 11 is 0. The Bertz CT molecular complexity index is 602. The number of methoxy groups -OCH3 is 2. The second-order valence-electron chi connectivity index (χ2n) is 4.70. The molecular weight excluding hydrogens is 254 g/mol. The fraction of sp³-hybridized carbons (Fsp3) is 0.333. The van der Waals surface area contributed by atoms with Gasteiger partial charge in [0.25, 0.3) is 0 Å². The molecule has 0 radical (unpaired) electrons. The fourth-order valence-corrected chi connectivity index (χ4v) is 2.51. The van der Waals surface area contributed by atoms with Crippen molar-refractivity contribution in [1.29, 1.82) is 0 Å². The summed E-state index contributed by atoms with van der Waals surface area (Å²) in [6.45, 7) is 1.70. The van der Waals surface area contributed by atoms with E-state index in [1.807, 2.05) is 12.1 Å². The van der Waals surface area contributed by atoms with Gasteiger partial charge in [-0.25, -0.2) is 9.97 Å². The molecule has 1 aliphatic rings. The Morgan fingerprint density at radius 2 is 1.65 bits per heavy atom. The Morgan fingerprint density at radius 1 is 1.00 bits per heavy atom. The summed E-state index contributed by atoms with van der Waals surface area (Å²) in [5, 5.41) is 0. The standard InChI is InChI=1S/C15H17N3O2/c1-19-13-8-11-4-7-18(15-16-5-3-6-17-15)10-12(11)9-14(13)20-2/h3,5-6,8-9H,4,7,10H2,1-2H3. The van der Waals surface area contributed by atoms with Gasteiger partial charge in [-0.1, -0.05) is 0 Å². The summed E-state index contributed by atoms with van der Waals surface area (Å²) in [5.74, 6) is 2.32. The minimum absolute atomic E-state index is 0.766. The van der Waals surface area contributed by atoms with Gasteiger partial charge in [0.2, 0.25) is 5.95 Å². The monoisotopic (exact) mass is 271 g/mol. The molecule has 5 nitrogen and oxygen atoms in total. The molecule has 1 aromatic carbocycles. The normalized spacial score (nSPS) is 13.8. The van der Waals surface area contributed by atoms with Crippen molar-refractivity contribution in [2.24, 2.45) is 0 Å². The quantitative estimate of drug-likeness (QED) is 0.855. The third-order valence-corrected chi connectivity index (χ3v) is 3.55. The van der Waals surface area contributed by atoms with E-state index in [1.54, 1.807) is 26.6 Å². The van der Waals surface area contributed by atoms with Gasteiger partial charge in [0.05, 0.1) is 14.2 Å². The lowest BCUT2D eigenvalue weighted by Gasteiger charge is -2.29. The maximum Gasteiger partial charge on any atom is 0.225 e. The van der Waals surface area contributed by atoms with Crippen LogP contribution in [0.5, 0.6) is 11.5 Å². The number of fused-ring (bicyclic) bond motifs is 1. The molecule has 0 spiro atoms. The van der Waals surface area contributed by atoms with Crippen molar-refractivity contribution >= 4 is 5.95 Å². The van der Waals surface area contributed by atoms with Crippen LogP contribution in [-0.4, -0.2) is 30.7 Å². The van der Waals surface area contributed by atoms with Crippen LogP contribution >= 0.6 is 0 Å². The van der Waals surface area contributed by atoms with Crippen LogP contribution in [0, 0.1) is 0 Å². The number of nitrogens with zero attached hydrogens (tertiary/aromatic N) is 3. The largest absolute Gasteiger partial charge is 0.493 e. The Kier molecular flexibility index (Phi) is 3.41. The average molecular weight is 271 g/mol. The third kappa shape index (κ3) is 2.27. The van der Waals surface area contributed by atoms with Crippen LogP contribution < -0.4 is 14.4 Å². The predicted octanol–water partition coefficient (Wildman–Crippen LogP) is 2.06. The molecule has 0 unspecified atom stereocenters. The van der Waals surface area contributed by atoms with Gasteiger partial charge in [0.1, 0.15) is 0 Å². The van der Waals surface area contributed by atoms with E-state index in [-0.39, 0.29) is 0 Å². The third-order valence-electron chi connectivity index (χ3n) is 3.55. The molecular formula is C15H17N3O2. The Morgan fingerprint density at radius 3 is 2.30 bits per heavy atom. The lowest BCUT2D eigenvalue weighted by atomic mass is 9.99. The lowest BCUT2D eigenvalue weighted by Crippen LogP contribution is -2.31. The van der Waals surface area contributed by atoms with Crippen molar-refractivity contribution in [3.05, 3.63) is 41.7 Å². The smallest absolute Gasteiger partial charge is 0.225 e. The molecule has 1 aliphatic heterocycles. The zero-order chi connectivity index (χ0) is 13.9. The number of hydrogen-bond donors (Lipinski definition) is 0. The second-order valence-corrected chi connectivity index (χ2v) is 4.70. The summed E-state index contributed by atoms with van der Waals surface area (Å²) in [6.07, 6.45) is 4.49. The molecule has 0 aliphatic carbocycles. The zero-order valence-electron chi connectivity index (χ0n) is 11.7. The average Bonchev–Trinajstić information content (AvgIpc) is 2.53. The molecule has 0 saturated carbocycles. The van der Waals surface area contributed by atoms with Crippen molar-refractivity contribution in [2.45, 2.75) is 13.0 Å². The first-order valence-electron chi connectivity index (χ1n) is 6.57. The zero-order valence-corrected chi connectivity index (χ0v) is 11.7. The van der Waals surface area contributed by atoms with Crippen molar-refractivity contribution in [3.8, 4) is 11.5 Å². The van der Waals surface area contributed by atoms with E-state index >= 15 is 0 Å². The highest BCUT2D eigenvalue weighted by Gasteiger charge is 2.20. The van der Waals surface area contributed by atoms with E-state index in [9.17, 15) is 0 Å². The maximum atomic E-state index is 5.37. The van der Waals surface area contributed by atoms with Crippen LogP contribution in [0.15, 0.2) is 30.6 Å². The number of anilines is 1. The molecule has 3 rings (SSSR count). The fourth-order valence-electron chi connectivity index (χ4n) is 2.51. The Hall–Kier alpha value is -2.30. The van der Waals surface area contributed by atoms with Gasteiger partial charge in [-0.15, -0.1) is 0 Å². The first-order valence-corrected chi connectivity index (χ1v) is 6.57. The molecule has 0 bridgehead atoms. The Labute approximate surface area is 118 Å². The number of rotatable bonds is 3. The molecule has 1 aromatic heterocycles. The first kappa shape index (κ1) is 12.7. The highest BCUT2D eigenvalue weighted by Crippen LogP contribution is 2.33. The first-order chi connectivity index (χ1) is 9.81. The molecule has 0 atom stereocenters. The summed E-state index contributed by atoms with van der Waals surface area (Å²) in [7, 11) is 3.32. The van der Waals surface area contributed by atoms with Gasteiger partial charge < -0.3 is 14.4 Å². The van der Waals surface area contributed by atoms with Crippen molar-refractivity contribution < 1.29 is 9.47 Å². The van der Waals surface area contributed by atoms with Crippen LogP contribution in [0.2, 0.25) is 0 Å². The molecule has 0 amide bonds. The Balaban J connectivity index is 1.91. The van der Waals surface area contributed by atoms with E-state index in [1.165, 1.54) is 11.1 Å². The maximum absolute atomic E-state index is 5.37. The van der Waals surface area contributed by atoms with Gasteiger partial charge in [-0.05, 0) is 35.7 Å². The number of aromatic nitrogens is 2. The number of ether oxygens (including phenoxy) is 2. The van der Waals surface area contributed by atoms with Gasteiger partial charge in [-0.2, -0.15) is 0 Å². The van der Waals surface area contributed by atoms with Gasteiger partial charge in [-0.3, -0.25) is 0 Å². The minimum Gasteiger partial charge on any atom is -0.493 e. The predicted molar refractivity (Wildman–Crippen MR) is 76.3 cm³/mol. The van der Waals surface area contributed by atoms with Crippen LogP contribution in [-0.2, 0) is 13.0 Å². The highest BCUT2D eigenvalue weighted by molar-refractivity contribution is 5.50. The summed E-state index contributed by atoms with van der Waals surface area (Å²) in [5.41, 5.74) is 2.54. The van der Waals surface area contributed by atoms with Gasteiger partial charge in [0.15, 0.2) is 11.5 Å². The number of benzene rings is 1. The summed E-state index contributed by atoms with van der Waals surface area (Å²) in [6, 6.07) is 5.94. The van der Waals surface area contributed by atoms with Crippen molar-refractivity contribution in [3.63, 3.8) is 0 Å². The van der Waals surface area contributed by atoms with E-state index < -0.39 is 0 Å². The SMILES string of the molecule is COc1cc2c(cc1OC)CN(c1ncccn1)CC2. The van der Waals surface area contributed by atoms with Crippen molar-refractivity contribution in [1.82, 2.24) is 9.97 Å². The molecule has 0 fully saturated rings. The highest BCUT2D eigenvalue weighted by atomic mass is 16.5. The second kappa shape index (κ2) is 5.36. The molecule has 0 N–H and O–H groups in total. The molecule has 5 heteroatoms. The van der Waals surface area contributed by atoms with Gasteiger partial charge >= 0.3 is 0 Å². The van der Waals surface area contributed by atoms with Crippen LogP contribution in [0.4, 0.5) is 5.95 Å². The van der Waals surface area contributed by atoms with Crippen molar-refractivity contribution in [2.75, 3.05) is 25.7 Å². The van der Waals surface area contributed by atoms with Gasteiger partial charge in [0, 0.05) is 25.5 Å². The number of hydrogen-bond acceptors (Lipinski definition) is 5. The van der Waals surface area contributed by atoms with E-state index in [0.29, 0.717) is 0 Å². The molecule has 2 aromatic rings. The van der Waals surface area contributed by atoms with Crippen LogP contribution in [0.1, 0.15) is 11.1 Å². The van der Waals surface area contributed by atoms with Crippen LogP contribution in [0.3, 0.4) is 0 Å². The van der Waals surface area contributed by atoms with Crippen LogP contribution in [0.25, 0.3) is 0 Å². The molecule has 2 heterocycles. The summed E-state index contributed by atoms with van der Waals surface area (Å²) < 4.78 is 10.7. The van der Waals surface area contributed by atoms with E-state index in [2.05, 4.69) is 20.9 Å². The lowest BCUT2D eigenvalue weighted by molar-refractivity contribution is 0.353. The molecule has 104 valence electrons. The minimum atomic E-state index is 0.766. The molecule has 0 saturated heterocycles. The molecule has 20 heavy (non-hydrogen) atoms. The topological polar surface area (TPSA) is 47.5 Å². The van der Waals surface area contributed by atoms with E-state index in [4.69, 9.17) is 9.47 Å². The van der Waals surface area contributed by atoms with E-state index in [0.717, 1.165) is 37.0 Å². The summed E-state index contributed by atoms with van der Waals surface area (Å²) in [4.78, 5) is 10.8.